The lowest BCUT2D eigenvalue weighted by atomic mass is 10.1. The summed E-state index contributed by atoms with van der Waals surface area (Å²) >= 11 is 5.28. The van der Waals surface area contributed by atoms with E-state index in [0.29, 0.717) is 0 Å². The molecule has 0 fully saturated rings. The number of rotatable bonds is 1. The fourth-order valence-corrected chi connectivity index (χ4v) is 2.80. The number of thioether (sulfide) groups is 1. The fraction of sp³-hybridized carbons (Fsp3) is 0.417. The van der Waals surface area contributed by atoms with Crippen LogP contribution >= 0.6 is 27.7 Å². The van der Waals surface area contributed by atoms with Gasteiger partial charge in [0.25, 0.3) is 0 Å². The van der Waals surface area contributed by atoms with Crippen molar-refractivity contribution in [1.82, 2.24) is 0 Å². The maximum absolute atomic E-state index is 4.62. The van der Waals surface area contributed by atoms with Gasteiger partial charge < -0.3 is 5.32 Å². The van der Waals surface area contributed by atoms with Gasteiger partial charge in [-0.25, -0.2) is 0 Å². The van der Waals surface area contributed by atoms with Crippen LogP contribution in [-0.4, -0.2) is 16.5 Å². The molecular weight excluding hydrogens is 284 g/mol. The van der Waals surface area contributed by atoms with Gasteiger partial charge in [-0.3, -0.25) is 4.99 Å². The summed E-state index contributed by atoms with van der Waals surface area (Å²) < 4.78 is 1.14. The third-order valence-corrected chi connectivity index (χ3v) is 4.58. The molecular formula is C12H15BrN2S. The number of hydrogen-bond donors (Lipinski definition) is 1. The SMILES string of the molecule is Cc1cc(NC2=NC(C)(C)CS2)ccc1Br. The van der Waals surface area contributed by atoms with E-state index in [-0.39, 0.29) is 5.54 Å². The molecule has 0 saturated carbocycles. The van der Waals surface area contributed by atoms with E-state index in [2.05, 4.69) is 65.2 Å². The van der Waals surface area contributed by atoms with Crippen LogP contribution in [0.15, 0.2) is 27.7 Å². The average Bonchev–Trinajstić information content (AvgIpc) is 2.52. The Morgan fingerprint density at radius 1 is 1.44 bits per heavy atom. The van der Waals surface area contributed by atoms with Crippen molar-refractivity contribution in [3.63, 3.8) is 0 Å². The van der Waals surface area contributed by atoms with Crippen molar-refractivity contribution in [1.29, 1.82) is 0 Å². The normalized spacial score (nSPS) is 18.4. The summed E-state index contributed by atoms with van der Waals surface area (Å²) in [7, 11) is 0. The van der Waals surface area contributed by atoms with Crippen LogP contribution in [0.2, 0.25) is 0 Å². The minimum Gasteiger partial charge on any atom is -0.335 e. The highest BCUT2D eigenvalue weighted by atomic mass is 79.9. The molecule has 1 aromatic rings. The third kappa shape index (κ3) is 2.80. The molecule has 0 atom stereocenters. The predicted octanol–water partition coefficient (Wildman–Crippen LogP) is 4.05. The zero-order chi connectivity index (χ0) is 11.8. The van der Waals surface area contributed by atoms with Crippen LogP contribution in [0.25, 0.3) is 0 Å². The van der Waals surface area contributed by atoms with Crippen LogP contribution in [0.1, 0.15) is 19.4 Å². The zero-order valence-electron chi connectivity index (χ0n) is 9.67. The molecule has 16 heavy (non-hydrogen) atoms. The first-order chi connectivity index (χ1) is 7.46. The summed E-state index contributed by atoms with van der Waals surface area (Å²) in [6, 6.07) is 6.24. The Morgan fingerprint density at radius 3 is 2.75 bits per heavy atom. The summed E-state index contributed by atoms with van der Waals surface area (Å²) in [6.45, 7) is 6.39. The standard InChI is InChI=1S/C12H15BrN2S/c1-8-6-9(4-5-10(8)13)14-11-15-12(2,3)7-16-11/h4-6H,7H2,1-3H3,(H,14,15). The van der Waals surface area contributed by atoms with Gasteiger partial charge in [-0.05, 0) is 44.5 Å². The van der Waals surface area contributed by atoms with Gasteiger partial charge in [-0.15, -0.1) is 0 Å². The van der Waals surface area contributed by atoms with E-state index in [4.69, 9.17) is 0 Å². The highest BCUT2D eigenvalue weighted by Gasteiger charge is 2.25. The maximum atomic E-state index is 4.62. The van der Waals surface area contributed by atoms with E-state index in [1.165, 1.54) is 5.56 Å². The smallest absolute Gasteiger partial charge is 0.161 e. The molecule has 0 bridgehead atoms. The molecule has 1 aliphatic heterocycles. The van der Waals surface area contributed by atoms with Crippen molar-refractivity contribution >= 4 is 38.5 Å². The molecule has 1 aliphatic rings. The summed E-state index contributed by atoms with van der Waals surface area (Å²) in [4.78, 5) is 4.62. The van der Waals surface area contributed by atoms with Gasteiger partial charge in [0.2, 0.25) is 0 Å². The van der Waals surface area contributed by atoms with Crippen LogP contribution < -0.4 is 5.32 Å². The van der Waals surface area contributed by atoms with E-state index in [0.717, 1.165) is 21.1 Å². The van der Waals surface area contributed by atoms with Gasteiger partial charge >= 0.3 is 0 Å². The molecule has 2 rings (SSSR count). The Morgan fingerprint density at radius 2 is 2.19 bits per heavy atom. The Bertz CT molecular complexity index is 441. The number of aryl methyl sites for hydroxylation is 1. The molecule has 0 amide bonds. The van der Waals surface area contributed by atoms with E-state index in [1.54, 1.807) is 11.8 Å². The maximum Gasteiger partial charge on any atom is 0.161 e. The van der Waals surface area contributed by atoms with E-state index in [1.807, 2.05) is 0 Å². The Kier molecular flexibility index (Phi) is 3.31. The molecule has 86 valence electrons. The number of nitrogens with zero attached hydrogens (tertiary/aromatic N) is 1. The Balaban J connectivity index is 2.13. The minimum absolute atomic E-state index is 0.0669. The van der Waals surface area contributed by atoms with E-state index >= 15 is 0 Å². The largest absolute Gasteiger partial charge is 0.335 e. The molecule has 1 aromatic carbocycles. The molecule has 0 radical (unpaired) electrons. The van der Waals surface area contributed by atoms with Crippen molar-refractivity contribution in [2.45, 2.75) is 26.3 Å². The van der Waals surface area contributed by atoms with Gasteiger partial charge in [0, 0.05) is 15.9 Å². The number of amidine groups is 1. The molecule has 0 spiro atoms. The third-order valence-electron chi connectivity index (χ3n) is 2.38. The highest BCUT2D eigenvalue weighted by molar-refractivity contribution is 9.10. The number of halogens is 1. The molecule has 2 nitrogen and oxygen atoms in total. The number of hydrogen-bond acceptors (Lipinski definition) is 3. The molecule has 0 saturated heterocycles. The van der Waals surface area contributed by atoms with Gasteiger partial charge in [-0.2, -0.15) is 0 Å². The van der Waals surface area contributed by atoms with Crippen molar-refractivity contribution in [3.05, 3.63) is 28.2 Å². The molecule has 0 aliphatic carbocycles. The lowest BCUT2D eigenvalue weighted by Gasteiger charge is -2.09. The first-order valence-electron chi connectivity index (χ1n) is 5.22. The number of anilines is 1. The first-order valence-corrected chi connectivity index (χ1v) is 7.00. The summed E-state index contributed by atoms with van der Waals surface area (Å²) in [5.74, 6) is 1.05. The summed E-state index contributed by atoms with van der Waals surface area (Å²) in [6.07, 6.45) is 0. The number of aliphatic imine (C=N–C) groups is 1. The lowest BCUT2D eigenvalue weighted by molar-refractivity contribution is 0.605. The average molecular weight is 299 g/mol. The van der Waals surface area contributed by atoms with Gasteiger partial charge in [-0.1, -0.05) is 27.7 Å². The molecule has 4 heteroatoms. The summed E-state index contributed by atoms with van der Waals surface area (Å²) in [5, 5.41) is 4.38. The van der Waals surface area contributed by atoms with Crippen LogP contribution in [0.3, 0.4) is 0 Å². The monoisotopic (exact) mass is 298 g/mol. The van der Waals surface area contributed by atoms with Crippen molar-refractivity contribution < 1.29 is 0 Å². The number of nitrogens with one attached hydrogen (secondary N) is 1. The van der Waals surface area contributed by atoms with Crippen LogP contribution in [0.4, 0.5) is 5.69 Å². The van der Waals surface area contributed by atoms with Gasteiger partial charge in [0.1, 0.15) is 0 Å². The first kappa shape index (κ1) is 12.0. The van der Waals surface area contributed by atoms with Gasteiger partial charge in [0.15, 0.2) is 5.17 Å². The van der Waals surface area contributed by atoms with Gasteiger partial charge in [0.05, 0.1) is 5.54 Å². The Labute approximate surface area is 109 Å². The van der Waals surface area contributed by atoms with Crippen LogP contribution in [0, 0.1) is 6.92 Å². The molecule has 0 unspecified atom stereocenters. The molecule has 0 aromatic heterocycles. The number of benzene rings is 1. The van der Waals surface area contributed by atoms with Crippen LogP contribution in [0.5, 0.6) is 0 Å². The van der Waals surface area contributed by atoms with Crippen molar-refractivity contribution in [3.8, 4) is 0 Å². The van der Waals surface area contributed by atoms with Crippen molar-refractivity contribution in [2.75, 3.05) is 11.1 Å². The molecule has 1 heterocycles. The topological polar surface area (TPSA) is 24.4 Å². The molecule has 1 N–H and O–H groups in total. The second-order valence-corrected chi connectivity index (χ2v) is 6.43. The highest BCUT2D eigenvalue weighted by Crippen LogP contribution is 2.28. The second kappa shape index (κ2) is 4.41. The van der Waals surface area contributed by atoms with E-state index < -0.39 is 0 Å². The Hall–Kier alpha value is -0.480. The van der Waals surface area contributed by atoms with E-state index in [9.17, 15) is 0 Å². The van der Waals surface area contributed by atoms with Crippen molar-refractivity contribution in [2.24, 2.45) is 4.99 Å². The van der Waals surface area contributed by atoms with Crippen LogP contribution in [-0.2, 0) is 0 Å². The second-order valence-electron chi connectivity index (χ2n) is 4.61. The predicted molar refractivity (Wildman–Crippen MR) is 76.5 cm³/mol. The minimum atomic E-state index is 0.0669. The summed E-state index contributed by atoms with van der Waals surface area (Å²) in [5.41, 5.74) is 2.40. The lowest BCUT2D eigenvalue weighted by Crippen LogP contribution is -2.15. The quantitative estimate of drug-likeness (QED) is 0.846. The zero-order valence-corrected chi connectivity index (χ0v) is 12.1. The fourth-order valence-electron chi connectivity index (χ4n) is 1.49.